The molecule has 94 valence electrons. The van der Waals surface area contributed by atoms with Gasteiger partial charge in [-0.05, 0) is 12.3 Å². The molecule has 0 aromatic rings. The van der Waals surface area contributed by atoms with Gasteiger partial charge < -0.3 is 9.38 Å². The van der Waals surface area contributed by atoms with Crippen LogP contribution in [0.1, 0.15) is 34.1 Å². The molecule has 0 unspecified atom stereocenters. The average Bonchev–Trinajstić information content (AvgIpc) is 2.16. The van der Waals surface area contributed by atoms with Gasteiger partial charge in [0.2, 0.25) is 5.91 Å². The summed E-state index contributed by atoms with van der Waals surface area (Å²) in [7, 11) is 2.28. The number of hydrogen-bond donors (Lipinski definition) is 0. The molecule has 0 spiro atoms. The molecule has 1 heterocycles. The van der Waals surface area contributed by atoms with E-state index < -0.39 is 0 Å². The van der Waals surface area contributed by atoms with Gasteiger partial charge in [0.05, 0.1) is 39.8 Å². The number of carbonyl (C=O) groups excluding carboxylic acids is 1. The van der Waals surface area contributed by atoms with E-state index in [1.165, 1.54) is 6.54 Å². The normalized spacial score (nSPS) is 20.9. The first-order valence-electron chi connectivity index (χ1n) is 6.37. The Balaban J connectivity index is 2.45. The summed E-state index contributed by atoms with van der Waals surface area (Å²) >= 11 is 0. The predicted molar refractivity (Wildman–Crippen MR) is 67.1 cm³/mol. The molecule has 0 bridgehead atoms. The van der Waals surface area contributed by atoms with Crippen molar-refractivity contribution in [3.63, 3.8) is 0 Å². The molecule has 1 fully saturated rings. The lowest BCUT2D eigenvalue weighted by molar-refractivity contribution is -0.911. The molecule has 3 nitrogen and oxygen atoms in total. The lowest BCUT2D eigenvalue weighted by Gasteiger charge is -2.41. The predicted octanol–water partition coefficient (Wildman–Crippen LogP) is 1.73. The van der Waals surface area contributed by atoms with Gasteiger partial charge in [0.25, 0.3) is 0 Å². The summed E-state index contributed by atoms with van der Waals surface area (Å²) < 4.78 is 1.11. The van der Waals surface area contributed by atoms with Crippen molar-refractivity contribution >= 4 is 5.91 Å². The maximum absolute atomic E-state index is 12.0. The molecule has 0 saturated carbocycles. The van der Waals surface area contributed by atoms with Gasteiger partial charge in [-0.15, -0.1) is 0 Å². The molecule has 1 aliphatic rings. The standard InChI is InChI=1S/C13H27N2O/c1-6-15(5)9-7-14(8-10-15)12(16)11-13(2,3)4/h6-11H2,1-5H3/q+1. The summed E-state index contributed by atoms with van der Waals surface area (Å²) in [5.41, 5.74) is 0.109. The van der Waals surface area contributed by atoms with Gasteiger partial charge in [0.15, 0.2) is 0 Å². The molecule has 0 aliphatic carbocycles. The third kappa shape index (κ3) is 3.78. The van der Waals surface area contributed by atoms with Gasteiger partial charge in [-0.1, -0.05) is 20.8 Å². The fourth-order valence-corrected chi connectivity index (χ4v) is 2.08. The van der Waals surface area contributed by atoms with Crippen molar-refractivity contribution in [3.8, 4) is 0 Å². The first kappa shape index (κ1) is 13.5. The Labute approximate surface area is 100 Å². The van der Waals surface area contributed by atoms with Crippen molar-refractivity contribution in [2.45, 2.75) is 34.1 Å². The fourth-order valence-electron chi connectivity index (χ4n) is 2.08. The van der Waals surface area contributed by atoms with Crippen LogP contribution in [-0.2, 0) is 4.79 Å². The van der Waals surface area contributed by atoms with Crippen LogP contribution in [0.2, 0.25) is 0 Å². The molecule has 1 saturated heterocycles. The van der Waals surface area contributed by atoms with Gasteiger partial charge in [0, 0.05) is 6.42 Å². The lowest BCUT2D eigenvalue weighted by Crippen LogP contribution is -2.58. The summed E-state index contributed by atoms with van der Waals surface area (Å²) in [4.78, 5) is 14.1. The van der Waals surface area contributed by atoms with E-state index in [0.29, 0.717) is 12.3 Å². The van der Waals surface area contributed by atoms with E-state index >= 15 is 0 Å². The highest BCUT2D eigenvalue weighted by atomic mass is 16.2. The summed E-state index contributed by atoms with van der Waals surface area (Å²) in [5.74, 6) is 0.329. The Morgan fingerprint density at radius 2 is 1.75 bits per heavy atom. The van der Waals surface area contributed by atoms with E-state index in [0.717, 1.165) is 30.7 Å². The van der Waals surface area contributed by atoms with Crippen molar-refractivity contribution in [2.75, 3.05) is 39.8 Å². The number of nitrogens with zero attached hydrogens (tertiary/aromatic N) is 2. The number of rotatable bonds is 2. The largest absolute Gasteiger partial charge is 0.331 e. The van der Waals surface area contributed by atoms with Crippen LogP contribution in [0.15, 0.2) is 0 Å². The van der Waals surface area contributed by atoms with Gasteiger partial charge in [-0.3, -0.25) is 4.79 Å². The molecule has 0 aromatic heterocycles. The molecule has 0 radical (unpaired) electrons. The third-order valence-electron chi connectivity index (χ3n) is 3.62. The van der Waals surface area contributed by atoms with Crippen LogP contribution in [0.5, 0.6) is 0 Å². The molecule has 1 aliphatic heterocycles. The summed E-state index contributed by atoms with van der Waals surface area (Å²) in [6.45, 7) is 13.8. The van der Waals surface area contributed by atoms with Crippen LogP contribution in [0.3, 0.4) is 0 Å². The van der Waals surface area contributed by atoms with Crippen LogP contribution < -0.4 is 0 Å². The monoisotopic (exact) mass is 227 g/mol. The lowest BCUT2D eigenvalue weighted by atomic mass is 9.91. The molecule has 0 atom stereocenters. The molecule has 1 amide bonds. The van der Waals surface area contributed by atoms with E-state index in [1.54, 1.807) is 0 Å². The third-order valence-corrected chi connectivity index (χ3v) is 3.62. The first-order valence-corrected chi connectivity index (χ1v) is 6.37. The van der Waals surface area contributed by atoms with E-state index in [-0.39, 0.29) is 5.41 Å². The van der Waals surface area contributed by atoms with Crippen molar-refractivity contribution in [1.29, 1.82) is 0 Å². The Morgan fingerprint density at radius 3 is 2.12 bits per heavy atom. The van der Waals surface area contributed by atoms with E-state index in [9.17, 15) is 4.79 Å². The second kappa shape index (κ2) is 4.74. The Bertz CT molecular complexity index is 247. The summed E-state index contributed by atoms with van der Waals surface area (Å²) in [6, 6.07) is 0. The zero-order valence-corrected chi connectivity index (χ0v) is 11.5. The maximum Gasteiger partial charge on any atom is 0.223 e. The average molecular weight is 227 g/mol. The van der Waals surface area contributed by atoms with Crippen LogP contribution in [0, 0.1) is 5.41 Å². The molecular weight excluding hydrogens is 200 g/mol. The second-order valence-corrected chi connectivity index (χ2v) is 6.50. The quantitative estimate of drug-likeness (QED) is 0.658. The Morgan fingerprint density at radius 1 is 1.25 bits per heavy atom. The highest BCUT2D eigenvalue weighted by Gasteiger charge is 2.30. The van der Waals surface area contributed by atoms with E-state index in [4.69, 9.17) is 0 Å². The van der Waals surface area contributed by atoms with Crippen molar-refractivity contribution in [3.05, 3.63) is 0 Å². The van der Waals surface area contributed by atoms with Crippen molar-refractivity contribution in [1.82, 2.24) is 4.90 Å². The zero-order chi connectivity index (χ0) is 12.4. The minimum atomic E-state index is 0.109. The number of amides is 1. The van der Waals surface area contributed by atoms with Crippen molar-refractivity contribution < 1.29 is 9.28 Å². The van der Waals surface area contributed by atoms with Gasteiger partial charge in [-0.25, -0.2) is 0 Å². The minimum Gasteiger partial charge on any atom is -0.331 e. The van der Waals surface area contributed by atoms with Crippen LogP contribution in [-0.4, -0.2) is 55.1 Å². The summed E-state index contributed by atoms with van der Waals surface area (Å²) in [5, 5.41) is 0. The Hall–Kier alpha value is -0.570. The fraction of sp³-hybridized carbons (Fsp3) is 0.923. The maximum atomic E-state index is 12.0. The van der Waals surface area contributed by atoms with Crippen LogP contribution in [0.25, 0.3) is 0 Å². The first-order chi connectivity index (χ1) is 7.26. The van der Waals surface area contributed by atoms with E-state index in [1.807, 2.05) is 4.90 Å². The number of likely N-dealkylation sites (N-methyl/N-ethyl adjacent to an activating group) is 1. The molecule has 0 aromatic carbocycles. The molecule has 3 heteroatoms. The van der Waals surface area contributed by atoms with Crippen molar-refractivity contribution in [2.24, 2.45) is 5.41 Å². The minimum absolute atomic E-state index is 0.109. The van der Waals surface area contributed by atoms with Crippen LogP contribution >= 0.6 is 0 Å². The SMILES string of the molecule is CC[N+]1(C)CCN(C(=O)CC(C)(C)C)CC1. The highest BCUT2D eigenvalue weighted by molar-refractivity contribution is 5.76. The smallest absolute Gasteiger partial charge is 0.223 e. The van der Waals surface area contributed by atoms with Gasteiger partial charge in [0.1, 0.15) is 0 Å². The van der Waals surface area contributed by atoms with Gasteiger partial charge in [-0.2, -0.15) is 0 Å². The topological polar surface area (TPSA) is 20.3 Å². The van der Waals surface area contributed by atoms with Crippen LogP contribution in [0.4, 0.5) is 0 Å². The molecule has 0 N–H and O–H groups in total. The second-order valence-electron chi connectivity index (χ2n) is 6.50. The Kier molecular flexibility index (Phi) is 4.00. The van der Waals surface area contributed by atoms with E-state index in [2.05, 4.69) is 34.7 Å². The number of carbonyl (C=O) groups is 1. The molecular formula is C13H27N2O+. The molecule has 1 rings (SSSR count). The summed E-state index contributed by atoms with van der Waals surface area (Å²) in [6.07, 6.45) is 0.669. The highest BCUT2D eigenvalue weighted by Crippen LogP contribution is 2.21. The number of piperazine rings is 1. The number of hydrogen-bond acceptors (Lipinski definition) is 1. The number of quaternary nitrogens is 1. The molecule has 16 heavy (non-hydrogen) atoms. The van der Waals surface area contributed by atoms with Gasteiger partial charge >= 0.3 is 0 Å². The zero-order valence-electron chi connectivity index (χ0n) is 11.5.